The Morgan fingerprint density at radius 1 is 1.15 bits per heavy atom. The monoisotopic (exact) mass is 591 g/mol. The van der Waals surface area contributed by atoms with Gasteiger partial charge in [-0.05, 0) is 43.9 Å². The highest BCUT2D eigenvalue weighted by Gasteiger charge is 2.48. The summed E-state index contributed by atoms with van der Waals surface area (Å²) in [7, 11) is 0. The average molecular weight is 592 g/mol. The van der Waals surface area contributed by atoms with Crippen LogP contribution in [0.5, 0.6) is 5.75 Å². The number of benzene rings is 1. The second kappa shape index (κ2) is 9.34. The van der Waals surface area contributed by atoms with E-state index in [1.54, 1.807) is 0 Å². The lowest BCUT2D eigenvalue weighted by Crippen LogP contribution is -2.44. The van der Waals surface area contributed by atoms with Crippen LogP contribution in [0.2, 0.25) is 5.02 Å². The second-order valence-electron chi connectivity index (χ2n) is 11.1. The molecule has 3 aromatic rings. The summed E-state index contributed by atoms with van der Waals surface area (Å²) in [5, 5.41) is 20.5. The first-order valence-corrected chi connectivity index (χ1v) is 13.7. The number of aromatic hydroxyl groups is 1. The van der Waals surface area contributed by atoms with Crippen molar-refractivity contribution in [3.8, 4) is 28.8 Å². The van der Waals surface area contributed by atoms with Crippen molar-refractivity contribution in [2.24, 2.45) is 0 Å². The maximum Gasteiger partial charge on any atom is 0.418 e. The van der Waals surface area contributed by atoms with E-state index in [0.29, 0.717) is 26.1 Å². The summed E-state index contributed by atoms with van der Waals surface area (Å²) in [5.74, 6) is 4.54. The highest BCUT2D eigenvalue weighted by Crippen LogP contribution is 2.44. The fourth-order valence-electron chi connectivity index (χ4n) is 6.73. The standard InChI is InChI=1S/C27H23ClF5N7O/c28-18-8-16(41)7-17(20(18)27(31,32)33)22-21(30)23-24(38-37-22)25(40-12-14-6-15(40)10-34-14)36-19(35-23)2-4-26-3-1-5-39(26)11-13(29)9-26/h7-8,13-15,34,41H,1,3,5-6,9-12H2/t13-,14-,15-,26-/m1/s1. The number of hydrogen-bond donors (Lipinski definition) is 2. The van der Waals surface area contributed by atoms with Crippen LogP contribution < -0.4 is 10.2 Å². The predicted octanol–water partition coefficient (Wildman–Crippen LogP) is 4.08. The number of aromatic nitrogens is 4. The molecule has 4 atom stereocenters. The lowest BCUT2D eigenvalue weighted by atomic mass is 9.94. The molecule has 0 unspecified atom stereocenters. The van der Waals surface area contributed by atoms with Gasteiger partial charge in [-0.2, -0.15) is 13.2 Å². The molecule has 4 aliphatic heterocycles. The number of nitrogens with zero attached hydrogens (tertiary/aromatic N) is 6. The number of piperazine rings is 1. The minimum atomic E-state index is -4.97. The van der Waals surface area contributed by atoms with Gasteiger partial charge >= 0.3 is 6.18 Å². The SMILES string of the molecule is Oc1cc(Cl)c(C(F)(F)F)c(-c2nnc3c(N4C[C@H]5C[C@@H]4CN5)nc(C#C[C@@]45CCCN4C[C@H](F)C5)nc3c2F)c1. The molecule has 2 bridgehead atoms. The summed E-state index contributed by atoms with van der Waals surface area (Å²) in [6.07, 6.45) is -3.32. The minimum absolute atomic E-state index is 0.0190. The van der Waals surface area contributed by atoms with Crippen LogP contribution in [0.1, 0.15) is 37.1 Å². The van der Waals surface area contributed by atoms with E-state index in [4.69, 9.17) is 11.6 Å². The van der Waals surface area contributed by atoms with Gasteiger partial charge in [-0.25, -0.2) is 18.7 Å². The highest BCUT2D eigenvalue weighted by atomic mass is 35.5. The molecule has 4 saturated heterocycles. The van der Waals surface area contributed by atoms with E-state index in [1.807, 2.05) is 9.80 Å². The molecule has 0 spiro atoms. The Labute approximate surface area is 235 Å². The number of phenols is 1. The van der Waals surface area contributed by atoms with Gasteiger partial charge in [0.15, 0.2) is 17.2 Å². The van der Waals surface area contributed by atoms with Crippen LogP contribution in [-0.2, 0) is 6.18 Å². The Balaban J connectivity index is 1.42. The molecule has 0 saturated carbocycles. The molecule has 2 aromatic heterocycles. The van der Waals surface area contributed by atoms with Crippen molar-refractivity contribution >= 4 is 28.5 Å². The molecular formula is C27H23ClF5N7O. The largest absolute Gasteiger partial charge is 0.508 e. The number of rotatable bonds is 2. The second-order valence-corrected chi connectivity index (χ2v) is 11.5. The van der Waals surface area contributed by atoms with E-state index in [0.717, 1.165) is 31.5 Å². The number of alkyl halides is 4. The number of fused-ring (bicyclic) bond motifs is 4. The first kappa shape index (κ1) is 26.6. The van der Waals surface area contributed by atoms with Gasteiger partial charge in [-0.15, -0.1) is 10.2 Å². The third-order valence-corrected chi connectivity index (χ3v) is 8.78. The predicted molar refractivity (Wildman–Crippen MR) is 140 cm³/mol. The molecule has 214 valence electrons. The quantitative estimate of drug-likeness (QED) is 0.340. The first-order valence-electron chi connectivity index (χ1n) is 13.3. The van der Waals surface area contributed by atoms with E-state index in [-0.39, 0.29) is 41.2 Å². The summed E-state index contributed by atoms with van der Waals surface area (Å²) < 4.78 is 72.3. The van der Waals surface area contributed by atoms with Crippen LogP contribution in [0.3, 0.4) is 0 Å². The Morgan fingerprint density at radius 3 is 2.71 bits per heavy atom. The van der Waals surface area contributed by atoms with E-state index < -0.39 is 51.3 Å². The van der Waals surface area contributed by atoms with Crippen LogP contribution in [0.15, 0.2) is 12.1 Å². The number of anilines is 1. The number of hydrogen-bond acceptors (Lipinski definition) is 8. The number of nitrogens with one attached hydrogen (secondary N) is 1. The highest BCUT2D eigenvalue weighted by molar-refractivity contribution is 6.32. The smallest absolute Gasteiger partial charge is 0.418 e. The minimum Gasteiger partial charge on any atom is -0.508 e. The normalized spacial score (nSPS) is 27.5. The molecule has 14 heteroatoms. The molecule has 4 aliphatic rings. The van der Waals surface area contributed by atoms with Gasteiger partial charge in [0.25, 0.3) is 0 Å². The molecule has 0 radical (unpaired) electrons. The first-order chi connectivity index (χ1) is 19.5. The van der Waals surface area contributed by atoms with Crippen molar-refractivity contribution < 1.29 is 27.1 Å². The van der Waals surface area contributed by atoms with Crippen molar-refractivity contribution in [1.29, 1.82) is 0 Å². The third-order valence-electron chi connectivity index (χ3n) is 8.48. The van der Waals surface area contributed by atoms with Crippen LogP contribution in [0.4, 0.5) is 27.8 Å². The zero-order chi connectivity index (χ0) is 28.7. The maximum atomic E-state index is 16.2. The van der Waals surface area contributed by atoms with Crippen molar-refractivity contribution in [2.75, 3.05) is 31.1 Å². The fraction of sp³-hybridized carbons (Fsp3) is 0.481. The van der Waals surface area contributed by atoms with E-state index in [2.05, 4.69) is 37.3 Å². The lowest BCUT2D eigenvalue weighted by molar-refractivity contribution is -0.137. The molecule has 0 amide bonds. The number of halogens is 6. The van der Waals surface area contributed by atoms with Gasteiger partial charge in [0.2, 0.25) is 5.82 Å². The van der Waals surface area contributed by atoms with Gasteiger partial charge in [0.05, 0.1) is 16.1 Å². The van der Waals surface area contributed by atoms with E-state index in [9.17, 15) is 22.7 Å². The molecule has 7 rings (SSSR count). The molecule has 4 fully saturated rings. The average Bonchev–Trinajstić information content (AvgIpc) is 3.67. The zero-order valence-corrected chi connectivity index (χ0v) is 22.2. The van der Waals surface area contributed by atoms with Crippen LogP contribution in [0.25, 0.3) is 22.3 Å². The topological polar surface area (TPSA) is 90.3 Å². The van der Waals surface area contributed by atoms with Gasteiger partial charge in [-0.1, -0.05) is 17.5 Å². The van der Waals surface area contributed by atoms with Gasteiger partial charge in [0.1, 0.15) is 23.1 Å². The molecule has 0 aliphatic carbocycles. The van der Waals surface area contributed by atoms with Crippen LogP contribution >= 0.6 is 11.6 Å². The Hall–Kier alpha value is -3.34. The van der Waals surface area contributed by atoms with Crippen LogP contribution in [-0.4, -0.2) is 80.1 Å². The Bertz CT molecular complexity index is 1640. The van der Waals surface area contributed by atoms with Gasteiger partial charge in [-0.3, -0.25) is 4.90 Å². The van der Waals surface area contributed by atoms with Gasteiger partial charge in [0, 0.05) is 43.7 Å². The summed E-state index contributed by atoms with van der Waals surface area (Å²) >= 11 is 5.83. The van der Waals surface area contributed by atoms with Crippen molar-refractivity contribution in [3.05, 3.63) is 34.4 Å². The summed E-state index contributed by atoms with van der Waals surface area (Å²) in [6.45, 7) is 2.27. The Kier molecular flexibility index (Phi) is 6.05. The fourth-order valence-corrected chi connectivity index (χ4v) is 7.05. The third kappa shape index (κ3) is 4.35. The van der Waals surface area contributed by atoms with E-state index in [1.165, 1.54) is 0 Å². The molecule has 41 heavy (non-hydrogen) atoms. The molecular weight excluding hydrogens is 569 g/mol. The zero-order valence-electron chi connectivity index (χ0n) is 21.4. The van der Waals surface area contributed by atoms with Crippen molar-refractivity contribution in [1.82, 2.24) is 30.4 Å². The lowest BCUT2D eigenvalue weighted by Gasteiger charge is -2.29. The van der Waals surface area contributed by atoms with E-state index >= 15 is 4.39 Å². The maximum absolute atomic E-state index is 16.2. The Morgan fingerprint density at radius 2 is 1.98 bits per heavy atom. The molecule has 6 heterocycles. The summed E-state index contributed by atoms with van der Waals surface area (Å²) in [6, 6.07) is 1.71. The summed E-state index contributed by atoms with van der Waals surface area (Å²) in [5.41, 5.74) is -3.93. The van der Waals surface area contributed by atoms with Gasteiger partial charge < -0.3 is 15.3 Å². The molecule has 1 aromatic carbocycles. The molecule has 8 nitrogen and oxygen atoms in total. The number of phenolic OH excluding ortho intramolecular Hbond substituents is 1. The van der Waals surface area contributed by atoms with Crippen molar-refractivity contribution in [3.63, 3.8) is 0 Å². The summed E-state index contributed by atoms with van der Waals surface area (Å²) in [4.78, 5) is 12.9. The molecule has 2 N–H and O–H groups in total. The van der Waals surface area contributed by atoms with Crippen molar-refractivity contribution in [2.45, 2.75) is 55.7 Å². The van der Waals surface area contributed by atoms with Crippen LogP contribution in [0, 0.1) is 17.7 Å².